The highest BCUT2D eigenvalue weighted by Crippen LogP contribution is 2.21. The molecule has 0 amide bonds. The van der Waals surface area contributed by atoms with E-state index in [0.717, 1.165) is 28.9 Å². The predicted octanol–water partition coefficient (Wildman–Crippen LogP) is 2.19. The van der Waals surface area contributed by atoms with E-state index in [4.69, 9.17) is 5.11 Å². The van der Waals surface area contributed by atoms with Gasteiger partial charge >= 0.3 is 5.97 Å². The number of hydrogen-bond acceptors (Lipinski definition) is 3. The van der Waals surface area contributed by atoms with E-state index in [-0.39, 0.29) is 18.0 Å². The summed E-state index contributed by atoms with van der Waals surface area (Å²) in [7, 11) is -2.68. The molecular formula is C13H18FNO4S. The van der Waals surface area contributed by atoms with Gasteiger partial charge in [0.1, 0.15) is 10.7 Å². The highest BCUT2D eigenvalue weighted by atomic mass is 32.2. The van der Waals surface area contributed by atoms with Crippen molar-refractivity contribution in [2.24, 2.45) is 5.92 Å². The lowest BCUT2D eigenvalue weighted by Crippen LogP contribution is -2.31. The molecule has 0 aliphatic heterocycles. The summed E-state index contributed by atoms with van der Waals surface area (Å²) < 4.78 is 39.3. The number of carbonyl (C=O) groups is 1. The molecule has 1 aromatic carbocycles. The van der Waals surface area contributed by atoms with Crippen molar-refractivity contribution >= 4 is 16.0 Å². The number of carboxylic acids is 1. The van der Waals surface area contributed by atoms with Crippen LogP contribution in [0.25, 0.3) is 0 Å². The number of benzene rings is 1. The third kappa shape index (κ3) is 3.55. The molecule has 1 unspecified atom stereocenters. The Morgan fingerprint density at radius 3 is 2.55 bits per heavy atom. The van der Waals surface area contributed by atoms with Gasteiger partial charge in [0.15, 0.2) is 0 Å². The quantitative estimate of drug-likeness (QED) is 0.874. The maximum atomic E-state index is 13.7. The smallest absolute Gasteiger partial charge is 0.335 e. The van der Waals surface area contributed by atoms with Crippen molar-refractivity contribution < 1.29 is 22.7 Å². The molecule has 0 aliphatic rings. The Kier molecular flexibility index (Phi) is 5.24. The minimum absolute atomic E-state index is 0.125. The molecule has 112 valence electrons. The van der Waals surface area contributed by atoms with E-state index in [1.165, 1.54) is 7.05 Å². The molecule has 0 radical (unpaired) electrons. The molecule has 1 aromatic rings. The first-order valence-corrected chi connectivity index (χ1v) is 7.63. The summed E-state index contributed by atoms with van der Waals surface area (Å²) in [5.74, 6) is -2.13. The van der Waals surface area contributed by atoms with E-state index in [9.17, 15) is 17.6 Å². The standard InChI is InChI=1S/C13H18FNO4S/c1-4-9(2)8-15(3)20(18,19)12-7-10(13(16)17)5-6-11(12)14/h5-7,9H,4,8H2,1-3H3,(H,16,17). The maximum absolute atomic E-state index is 13.7. The van der Waals surface area contributed by atoms with Crippen molar-refractivity contribution in [3.63, 3.8) is 0 Å². The molecule has 0 spiro atoms. The Morgan fingerprint density at radius 2 is 2.05 bits per heavy atom. The van der Waals surface area contributed by atoms with Crippen LogP contribution in [-0.2, 0) is 10.0 Å². The SMILES string of the molecule is CCC(C)CN(C)S(=O)(=O)c1cc(C(=O)O)ccc1F. The molecular weight excluding hydrogens is 285 g/mol. The Hall–Kier alpha value is -1.47. The largest absolute Gasteiger partial charge is 0.478 e. The molecule has 0 aliphatic carbocycles. The zero-order valence-electron chi connectivity index (χ0n) is 11.6. The second-order valence-electron chi connectivity index (χ2n) is 4.75. The minimum atomic E-state index is -4.04. The molecule has 7 heteroatoms. The van der Waals surface area contributed by atoms with Gasteiger partial charge < -0.3 is 5.11 Å². The van der Waals surface area contributed by atoms with Crippen LogP contribution in [0.4, 0.5) is 4.39 Å². The lowest BCUT2D eigenvalue weighted by molar-refractivity contribution is 0.0696. The van der Waals surface area contributed by atoms with Crippen molar-refractivity contribution in [2.75, 3.05) is 13.6 Å². The first kappa shape index (κ1) is 16.6. The van der Waals surface area contributed by atoms with Gasteiger partial charge in [0, 0.05) is 13.6 Å². The fourth-order valence-corrected chi connectivity index (χ4v) is 3.04. The first-order valence-electron chi connectivity index (χ1n) is 6.19. The van der Waals surface area contributed by atoms with Crippen LogP contribution in [0.3, 0.4) is 0 Å². The molecule has 1 rings (SSSR count). The van der Waals surface area contributed by atoms with Crippen LogP contribution in [0.1, 0.15) is 30.6 Å². The highest BCUT2D eigenvalue weighted by Gasteiger charge is 2.26. The van der Waals surface area contributed by atoms with Gasteiger partial charge in [-0.1, -0.05) is 20.3 Å². The summed E-state index contributed by atoms with van der Waals surface area (Å²) in [6.45, 7) is 4.06. The summed E-state index contributed by atoms with van der Waals surface area (Å²) >= 11 is 0. The predicted molar refractivity (Wildman–Crippen MR) is 72.6 cm³/mol. The van der Waals surface area contributed by atoms with Crippen LogP contribution in [0.5, 0.6) is 0 Å². The number of sulfonamides is 1. The van der Waals surface area contributed by atoms with Gasteiger partial charge in [-0.2, -0.15) is 0 Å². The third-order valence-electron chi connectivity index (χ3n) is 3.13. The van der Waals surface area contributed by atoms with Gasteiger partial charge in [-0.15, -0.1) is 0 Å². The van der Waals surface area contributed by atoms with E-state index in [1.807, 2.05) is 13.8 Å². The number of halogens is 1. The van der Waals surface area contributed by atoms with E-state index in [0.29, 0.717) is 0 Å². The lowest BCUT2D eigenvalue weighted by Gasteiger charge is -2.20. The van der Waals surface area contributed by atoms with Gasteiger partial charge in [0.25, 0.3) is 0 Å². The van der Waals surface area contributed by atoms with Crippen LogP contribution in [-0.4, -0.2) is 37.4 Å². The lowest BCUT2D eigenvalue weighted by atomic mass is 10.1. The number of rotatable bonds is 6. The van der Waals surface area contributed by atoms with Crippen molar-refractivity contribution in [3.8, 4) is 0 Å². The Labute approximate surface area is 118 Å². The molecule has 0 bridgehead atoms. The molecule has 1 atom stereocenters. The fraction of sp³-hybridized carbons (Fsp3) is 0.462. The Bertz CT molecular complexity index is 600. The molecule has 0 heterocycles. The Morgan fingerprint density at radius 1 is 1.45 bits per heavy atom. The number of nitrogens with zero attached hydrogens (tertiary/aromatic N) is 1. The summed E-state index contributed by atoms with van der Waals surface area (Å²) in [4.78, 5) is 10.2. The van der Waals surface area contributed by atoms with Crippen molar-refractivity contribution in [1.29, 1.82) is 0 Å². The number of carboxylic acid groups (broad SMARTS) is 1. The normalized spacial score (nSPS) is 13.4. The molecule has 0 saturated heterocycles. The summed E-state index contributed by atoms with van der Waals surface area (Å²) in [6, 6.07) is 2.74. The van der Waals surface area contributed by atoms with Crippen LogP contribution < -0.4 is 0 Å². The fourth-order valence-electron chi connectivity index (χ4n) is 1.67. The molecule has 0 saturated carbocycles. The average molecular weight is 303 g/mol. The molecule has 1 N–H and O–H groups in total. The average Bonchev–Trinajstić information content (AvgIpc) is 2.38. The minimum Gasteiger partial charge on any atom is -0.478 e. The van der Waals surface area contributed by atoms with Crippen LogP contribution in [0.15, 0.2) is 23.1 Å². The van der Waals surface area contributed by atoms with Crippen molar-refractivity contribution in [2.45, 2.75) is 25.2 Å². The number of hydrogen-bond donors (Lipinski definition) is 1. The van der Waals surface area contributed by atoms with Gasteiger partial charge in [0.2, 0.25) is 10.0 Å². The van der Waals surface area contributed by atoms with E-state index in [1.54, 1.807) is 0 Å². The second kappa shape index (κ2) is 6.32. The summed E-state index contributed by atoms with van der Waals surface area (Å²) in [5.41, 5.74) is -0.262. The monoisotopic (exact) mass is 303 g/mol. The highest BCUT2D eigenvalue weighted by molar-refractivity contribution is 7.89. The number of aromatic carboxylic acids is 1. The van der Waals surface area contributed by atoms with Crippen LogP contribution >= 0.6 is 0 Å². The zero-order chi connectivity index (χ0) is 15.5. The zero-order valence-corrected chi connectivity index (χ0v) is 12.4. The molecule has 0 fully saturated rings. The van der Waals surface area contributed by atoms with Gasteiger partial charge in [0.05, 0.1) is 5.56 Å². The first-order chi connectivity index (χ1) is 9.20. The van der Waals surface area contributed by atoms with Crippen molar-refractivity contribution in [3.05, 3.63) is 29.6 Å². The summed E-state index contributed by atoms with van der Waals surface area (Å²) in [5, 5.41) is 8.86. The molecule has 20 heavy (non-hydrogen) atoms. The van der Waals surface area contributed by atoms with Crippen molar-refractivity contribution in [1.82, 2.24) is 4.31 Å². The molecule has 0 aromatic heterocycles. The third-order valence-corrected chi connectivity index (χ3v) is 4.97. The second-order valence-corrected chi connectivity index (χ2v) is 6.76. The topological polar surface area (TPSA) is 74.7 Å². The van der Waals surface area contributed by atoms with E-state index in [2.05, 4.69) is 0 Å². The Balaban J connectivity index is 3.21. The van der Waals surface area contributed by atoms with E-state index < -0.39 is 26.7 Å². The maximum Gasteiger partial charge on any atom is 0.335 e. The van der Waals surface area contributed by atoms with Crippen LogP contribution in [0.2, 0.25) is 0 Å². The van der Waals surface area contributed by atoms with Gasteiger partial charge in [-0.05, 0) is 24.1 Å². The molecule has 5 nitrogen and oxygen atoms in total. The van der Waals surface area contributed by atoms with Gasteiger partial charge in [-0.3, -0.25) is 0 Å². The summed E-state index contributed by atoms with van der Waals surface area (Å²) in [6.07, 6.45) is 0.789. The van der Waals surface area contributed by atoms with Gasteiger partial charge in [-0.25, -0.2) is 21.9 Å². The van der Waals surface area contributed by atoms with Crippen LogP contribution in [0, 0.1) is 11.7 Å². The van der Waals surface area contributed by atoms with E-state index >= 15 is 0 Å².